The molecule has 2 aromatic carbocycles. The fraction of sp³-hybridized carbons (Fsp3) is 0.0667. The Bertz CT molecular complexity index is 743. The maximum Gasteiger partial charge on any atom is 0.264 e. The summed E-state index contributed by atoms with van der Waals surface area (Å²) >= 11 is 9.22. The van der Waals surface area contributed by atoms with Crippen LogP contribution in [0.4, 0.5) is 0 Å². The van der Waals surface area contributed by atoms with E-state index in [1.807, 2.05) is 24.3 Å². The maximum atomic E-state index is 5.81. The molecule has 0 unspecified atom stereocenters. The van der Waals surface area contributed by atoms with Crippen LogP contribution in [-0.2, 0) is 6.61 Å². The van der Waals surface area contributed by atoms with Crippen molar-refractivity contribution in [1.82, 2.24) is 10.1 Å². The second kappa shape index (κ2) is 6.28. The van der Waals surface area contributed by atoms with E-state index in [4.69, 9.17) is 20.9 Å². The van der Waals surface area contributed by atoms with Crippen LogP contribution in [0.5, 0.6) is 5.75 Å². The molecule has 21 heavy (non-hydrogen) atoms. The van der Waals surface area contributed by atoms with Crippen LogP contribution in [0.25, 0.3) is 11.4 Å². The topological polar surface area (TPSA) is 48.2 Å². The molecule has 0 amide bonds. The van der Waals surface area contributed by atoms with Gasteiger partial charge in [-0.2, -0.15) is 4.98 Å². The van der Waals surface area contributed by atoms with Gasteiger partial charge < -0.3 is 9.26 Å². The van der Waals surface area contributed by atoms with Crippen LogP contribution in [0.1, 0.15) is 5.89 Å². The molecule has 0 atom stereocenters. The highest BCUT2D eigenvalue weighted by Crippen LogP contribution is 2.21. The summed E-state index contributed by atoms with van der Waals surface area (Å²) in [5, 5.41) is 4.61. The quantitative estimate of drug-likeness (QED) is 0.670. The average molecular weight is 366 g/mol. The molecular weight excluding hydrogens is 356 g/mol. The largest absolute Gasteiger partial charge is 0.484 e. The molecule has 6 heteroatoms. The van der Waals surface area contributed by atoms with Gasteiger partial charge in [-0.05, 0) is 36.4 Å². The van der Waals surface area contributed by atoms with Crippen molar-refractivity contribution in [1.29, 1.82) is 0 Å². The third-order valence-corrected chi connectivity index (χ3v) is 3.47. The Morgan fingerprint density at radius 3 is 2.71 bits per heavy atom. The molecule has 0 saturated carbocycles. The summed E-state index contributed by atoms with van der Waals surface area (Å²) in [6, 6.07) is 14.8. The van der Waals surface area contributed by atoms with Gasteiger partial charge >= 0.3 is 0 Å². The lowest BCUT2D eigenvalue weighted by molar-refractivity contribution is 0.243. The Morgan fingerprint density at radius 2 is 1.95 bits per heavy atom. The molecule has 1 aromatic heterocycles. The van der Waals surface area contributed by atoms with E-state index in [0.717, 1.165) is 10.0 Å². The first kappa shape index (κ1) is 14.1. The number of halogens is 2. The van der Waals surface area contributed by atoms with Gasteiger partial charge in [-0.25, -0.2) is 0 Å². The highest BCUT2D eigenvalue weighted by Gasteiger charge is 2.09. The Balaban J connectivity index is 1.69. The summed E-state index contributed by atoms with van der Waals surface area (Å²) in [5.41, 5.74) is 0.880. The Morgan fingerprint density at radius 1 is 1.14 bits per heavy atom. The highest BCUT2D eigenvalue weighted by molar-refractivity contribution is 9.10. The molecule has 4 nitrogen and oxygen atoms in total. The third-order valence-electron chi connectivity index (χ3n) is 2.73. The molecular formula is C15H10BrClN2O2. The monoisotopic (exact) mass is 364 g/mol. The summed E-state index contributed by atoms with van der Waals surface area (Å²) in [7, 11) is 0. The molecule has 3 aromatic rings. The first-order valence-electron chi connectivity index (χ1n) is 6.17. The second-order valence-corrected chi connectivity index (χ2v) is 5.62. The van der Waals surface area contributed by atoms with E-state index in [1.165, 1.54) is 0 Å². The molecule has 0 radical (unpaired) electrons. The molecule has 0 aliphatic heterocycles. The molecule has 0 spiro atoms. The van der Waals surface area contributed by atoms with E-state index in [0.29, 0.717) is 22.5 Å². The number of ether oxygens (including phenoxy) is 1. The van der Waals surface area contributed by atoms with Crippen LogP contribution in [0.2, 0.25) is 5.02 Å². The minimum absolute atomic E-state index is 0.211. The van der Waals surface area contributed by atoms with Crippen LogP contribution in [0.3, 0.4) is 0 Å². The first-order valence-corrected chi connectivity index (χ1v) is 7.35. The Kier molecular flexibility index (Phi) is 4.22. The first-order chi connectivity index (χ1) is 10.2. The zero-order valence-corrected chi connectivity index (χ0v) is 13.1. The van der Waals surface area contributed by atoms with Crippen molar-refractivity contribution < 1.29 is 9.26 Å². The van der Waals surface area contributed by atoms with Crippen LogP contribution in [-0.4, -0.2) is 10.1 Å². The van der Waals surface area contributed by atoms with Gasteiger partial charge in [0, 0.05) is 15.1 Å². The smallest absolute Gasteiger partial charge is 0.264 e. The van der Waals surface area contributed by atoms with Crippen LogP contribution >= 0.6 is 27.5 Å². The van der Waals surface area contributed by atoms with Gasteiger partial charge in [0.2, 0.25) is 5.82 Å². The maximum absolute atomic E-state index is 5.81. The van der Waals surface area contributed by atoms with Crippen molar-refractivity contribution in [3.63, 3.8) is 0 Å². The lowest BCUT2D eigenvalue weighted by atomic mass is 10.2. The summed E-state index contributed by atoms with van der Waals surface area (Å²) in [5.74, 6) is 1.65. The van der Waals surface area contributed by atoms with Gasteiger partial charge in [-0.1, -0.05) is 44.8 Å². The van der Waals surface area contributed by atoms with Crippen LogP contribution in [0, 0.1) is 0 Å². The Labute approximate surface area is 134 Å². The second-order valence-electron chi connectivity index (χ2n) is 4.26. The fourth-order valence-corrected chi connectivity index (χ4v) is 2.26. The van der Waals surface area contributed by atoms with Crippen molar-refractivity contribution in [3.8, 4) is 17.1 Å². The lowest BCUT2D eigenvalue weighted by Crippen LogP contribution is -1.95. The minimum atomic E-state index is 0.211. The van der Waals surface area contributed by atoms with Crippen molar-refractivity contribution in [2.45, 2.75) is 6.61 Å². The van der Waals surface area contributed by atoms with Gasteiger partial charge in [0.1, 0.15) is 5.75 Å². The van der Waals surface area contributed by atoms with Gasteiger partial charge in [-0.15, -0.1) is 0 Å². The van der Waals surface area contributed by atoms with Crippen LogP contribution in [0.15, 0.2) is 57.5 Å². The van der Waals surface area contributed by atoms with E-state index in [9.17, 15) is 0 Å². The molecule has 0 bridgehead atoms. The Hall–Kier alpha value is -1.85. The van der Waals surface area contributed by atoms with Gasteiger partial charge in [0.25, 0.3) is 5.89 Å². The number of nitrogens with zero attached hydrogens (tertiary/aromatic N) is 2. The molecule has 3 rings (SSSR count). The zero-order valence-electron chi connectivity index (χ0n) is 10.8. The number of hydrogen-bond acceptors (Lipinski definition) is 4. The van der Waals surface area contributed by atoms with Crippen molar-refractivity contribution in [3.05, 3.63) is 63.9 Å². The number of benzene rings is 2. The summed E-state index contributed by atoms with van der Waals surface area (Å²) in [6.07, 6.45) is 0. The van der Waals surface area contributed by atoms with E-state index in [1.54, 1.807) is 24.3 Å². The van der Waals surface area contributed by atoms with Crippen molar-refractivity contribution >= 4 is 27.5 Å². The number of aromatic nitrogens is 2. The predicted octanol–water partition coefficient (Wildman–Crippen LogP) is 4.73. The highest BCUT2D eigenvalue weighted by atomic mass is 79.9. The van der Waals surface area contributed by atoms with E-state index in [2.05, 4.69) is 26.1 Å². The molecule has 0 N–H and O–H groups in total. The van der Waals surface area contributed by atoms with Crippen molar-refractivity contribution in [2.75, 3.05) is 0 Å². The normalized spacial score (nSPS) is 10.6. The summed E-state index contributed by atoms with van der Waals surface area (Å²) in [6.45, 7) is 0.211. The van der Waals surface area contributed by atoms with Crippen molar-refractivity contribution in [2.24, 2.45) is 0 Å². The average Bonchev–Trinajstić information content (AvgIpc) is 2.96. The number of rotatable bonds is 4. The predicted molar refractivity (Wildman–Crippen MR) is 83.2 cm³/mol. The lowest BCUT2D eigenvalue weighted by Gasteiger charge is -2.02. The van der Waals surface area contributed by atoms with E-state index >= 15 is 0 Å². The van der Waals surface area contributed by atoms with Gasteiger partial charge in [-0.3, -0.25) is 0 Å². The van der Waals surface area contributed by atoms with E-state index < -0.39 is 0 Å². The zero-order chi connectivity index (χ0) is 14.7. The van der Waals surface area contributed by atoms with Gasteiger partial charge in [0.05, 0.1) is 0 Å². The molecule has 0 saturated heterocycles. The number of hydrogen-bond donors (Lipinski definition) is 0. The molecule has 1 heterocycles. The SMILES string of the molecule is Clc1ccc(OCc2nc(-c3cccc(Br)c3)no2)cc1. The molecule has 0 aliphatic carbocycles. The third kappa shape index (κ3) is 3.62. The minimum Gasteiger partial charge on any atom is -0.484 e. The van der Waals surface area contributed by atoms with Crippen LogP contribution < -0.4 is 4.74 Å². The molecule has 106 valence electrons. The standard InChI is InChI=1S/C15H10BrClN2O2/c16-11-3-1-2-10(8-11)15-18-14(21-19-15)9-20-13-6-4-12(17)5-7-13/h1-8H,9H2. The molecule has 0 aliphatic rings. The summed E-state index contributed by atoms with van der Waals surface area (Å²) < 4.78 is 11.7. The van der Waals surface area contributed by atoms with E-state index in [-0.39, 0.29) is 6.61 Å². The fourth-order valence-electron chi connectivity index (χ4n) is 1.73. The molecule has 0 fully saturated rings. The summed E-state index contributed by atoms with van der Waals surface area (Å²) in [4.78, 5) is 4.30. The van der Waals surface area contributed by atoms with Gasteiger partial charge in [0.15, 0.2) is 6.61 Å².